The Labute approximate surface area is 149 Å². The molecular formula is C19H17F2N3S. The highest BCUT2D eigenvalue weighted by molar-refractivity contribution is 7.98. The molecule has 0 atom stereocenters. The zero-order valence-electron chi connectivity index (χ0n) is 13.7. The summed E-state index contributed by atoms with van der Waals surface area (Å²) in [7, 11) is 0. The monoisotopic (exact) mass is 357 g/mol. The average Bonchev–Trinajstić information content (AvgIpc) is 2.99. The number of allylic oxidation sites excluding steroid dienone is 1. The molecule has 0 saturated heterocycles. The average molecular weight is 357 g/mol. The molecule has 0 saturated carbocycles. The molecule has 25 heavy (non-hydrogen) atoms. The molecule has 2 aromatic carbocycles. The van der Waals surface area contributed by atoms with E-state index in [9.17, 15) is 8.78 Å². The number of aryl methyl sites for hydroxylation is 1. The maximum atomic E-state index is 13.8. The van der Waals surface area contributed by atoms with Crippen molar-refractivity contribution < 1.29 is 8.78 Å². The Kier molecular flexibility index (Phi) is 5.28. The molecule has 3 nitrogen and oxygen atoms in total. The van der Waals surface area contributed by atoms with E-state index in [0.29, 0.717) is 17.3 Å². The van der Waals surface area contributed by atoms with Crippen molar-refractivity contribution in [1.29, 1.82) is 0 Å². The molecule has 3 rings (SSSR count). The van der Waals surface area contributed by atoms with Crippen LogP contribution in [0.25, 0.3) is 11.4 Å². The molecule has 0 radical (unpaired) electrons. The standard InChI is InChI=1S/C19H17F2N3S/c1-3-9-24-18(14-6-4-5-13(2)10-14)22-23-19(24)25-12-15-11-16(20)7-8-17(15)21/h3-8,10-11H,1,9,12H2,2H3. The Bertz CT molecular complexity index is 905. The van der Waals surface area contributed by atoms with Crippen LogP contribution in [0.1, 0.15) is 11.1 Å². The highest BCUT2D eigenvalue weighted by atomic mass is 32.2. The SMILES string of the molecule is C=CCn1c(SCc2cc(F)ccc2F)nnc1-c1cccc(C)c1. The number of hydrogen-bond donors (Lipinski definition) is 0. The number of rotatable bonds is 6. The zero-order chi connectivity index (χ0) is 17.8. The summed E-state index contributed by atoms with van der Waals surface area (Å²) < 4.78 is 29.0. The van der Waals surface area contributed by atoms with Gasteiger partial charge in [0.2, 0.25) is 0 Å². The van der Waals surface area contributed by atoms with E-state index in [4.69, 9.17) is 0 Å². The lowest BCUT2D eigenvalue weighted by Crippen LogP contribution is -2.01. The van der Waals surface area contributed by atoms with Crippen LogP contribution >= 0.6 is 11.8 Å². The summed E-state index contributed by atoms with van der Waals surface area (Å²) in [6.07, 6.45) is 1.76. The van der Waals surface area contributed by atoms with Crippen LogP contribution < -0.4 is 0 Å². The molecule has 0 N–H and O–H groups in total. The van der Waals surface area contributed by atoms with Gasteiger partial charge in [-0.25, -0.2) is 8.78 Å². The molecular weight excluding hydrogens is 340 g/mol. The minimum absolute atomic E-state index is 0.271. The van der Waals surface area contributed by atoms with E-state index >= 15 is 0 Å². The van der Waals surface area contributed by atoms with E-state index < -0.39 is 11.6 Å². The Morgan fingerprint density at radius 2 is 2.00 bits per heavy atom. The van der Waals surface area contributed by atoms with Gasteiger partial charge in [0.15, 0.2) is 11.0 Å². The van der Waals surface area contributed by atoms with Crippen LogP contribution in [-0.2, 0) is 12.3 Å². The van der Waals surface area contributed by atoms with E-state index in [2.05, 4.69) is 16.8 Å². The lowest BCUT2D eigenvalue weighted by Gasteiger charge is -2.08. The summed E-state index contributed by atoms with van der Waals surface area (Å²) >= 11 is 1.32. The fraction of sp³-hybridized carbons (Fsp3) is 0.158. The van der Waals surface area contributed by atoms with Crippen molar-refractivity contribution in [2.24, 2.45) is 0 Å². The van der Waals surface area contributed by atoms with Crippen molar-refractivity contribution in [3.05, 3.63) is 77.9 Å². The fourth-order valence-corrected chi connectivity index (χ4v) is 3.40. The Balaban J connectivity index is 1.89. The van der Waals surface area contributed by atoms with Gasteiger partial charge in [0.25, 0.3) is 0 Å². The van der Waals surface area contributed by atoms with Gasteiger partial charge in [-0.2, -0.15) is 0 Å². The molecule has 0 unspecified atom stereocenters. The second-order valence-electron chi connectivity index (χ2n) is 5.60. The molecule has 1 aromatic heterocycles. The first-order chi connectivity index (χ1) is 12.1. The van der Waals surface area contributed by atoms with Gasteiger partial charge in [-0.1, -0.05) is 41.6 Å². The summed E-state index contributed by atoms with van der Waals surface area (Å²) in [5, 5.41) is 9.13. The van der Waals surface area contributed by atoms with Crippen molar-refractivity contribution in [1.82, 2.24) is 14.8 Å². The molecule has 128 valence electrons. The molecule has 3 aromatic rings. The van der Waals surface area contributed by atoms with Gasteiger partial charge in [-0.3, -0.25) is 4.57 Å². The highest BCUT2D eigenvalue weighted by Gasteiger charge is 2.15. The van der Waals surface area contributed by atoms with E-state index in [-0.39, 0.29) is 5.75 Å². The minimum atomic E-state index is -0.454. The normalized spacial score (nSPS) is 10.8. The van der Waals surface area contributed by atoms with Gasteiger partial charge in [0.05, 0.1) is 0 Å². The number of aromatic nitrogens is 3. The number of benzene rings is 2. The Morgan fingerprint density at radius 1 is 1.16 bits per heavy atom. The van der Waals surface area contributed by atoms with Crippen LogP contribution in [0.4, 0.5) is 8.78 Å². The number of halogens is 2. The predicted octanol–water partition coefficient (Wildman–Crippen LogP) is 5.01. The van der Waals surface area contributed by atoms with Crippen LogP contribution in [0, 0.1) is 18.6 Å². The number of nitrogens with zero attached hydrogens (tertiary/aromatic N) is 3. The van der Waals surface area contributed by atoms with Crippen molar-refractivity contribution in [3.8, 4) is 11.4 Å². The van der Waals surface area contributed by atoms with E-state index in [0.717, 1.165) is 29.1 Å². The third-order valence-corrected chi connectivity index (χ3v) is 4.68. The van der Waals surface area contributed by atoms with Crippen molar-refractivity contribution in [2.45, 2.75) is 24.4 Å². The molecule has 0 bridgehead atoms. The first kappa shape index (κ1) is 17.4. The van der Waals surface area contributed by atoms with Crippen LogP contribution in [0.5, 0.6) is 0 Å². The minimum Gasteiger partial charge on any atom is -0.298 e. The third kappa shape index (κ3) is 3.96. The van der Waals surface area contributed by atoms with Gasteiger partial charge in [-0.15, -0.1) is 16.8 Å². The number of hydrogen-bond acceptors (Lipinski definition) is 3. The zero-order valence-corrected chi connectivity index (χ0v) is 14.6. The molecule has 1 heterocycles. The smallest absolute Gasteiger partial charge is 0.192 e. The Morgan fingerprint density at radius 3 is 2.76 bits per heavy atom. The quantitative estimate of drug-likeness (QED) is 0.459. The first-order valence-corrected chi connectivity index (χ1v) is 8.75. The molecule has 0 amide bonds. The van der Waals surface area contributed by atoms with Crippen LogP contribution in [-0.4, -0.2) is 14.8 Å². The lowest BCUT2D eigenvalue weighted by molar-refractivity contribution is 0.591. The molecule has 6 heteroatoms. The van der Waals surface area contributed by atoms with Crippen LogP contribution in [0.15, 0.2) is 60.3 Å². The van der Waals surface area contributed by atoms with E-state index in [1.807, 2.05) is 35.8 Å². The van der Waals surface area contributed by atoms with Gasteiger partial charge in [-0.05, 0) is 31.2 Å². The maximum Gasteiger partial charge on any atom is 0.192 e. The summed E-state index contributed by atoms with van der Waals surface area (Å²) in [6, 6.07) is 11.4. The molecule has 0 spiro atoms. The van der Waals surface area contributed by atoms with Crippen molar-refractivity contribution in [3.63, 3.8) is 0 Å². The summed E-state index contributed by atoms with van der Waals surface area (Å²) in [6.45, 7) is 6.32. The Hall–Kier alpha value is -2.47. The third-order valence-electron chi connectivity index (χ3n) is 3.67. The highest BCUT2D eigenvalue weighted by Crippen LogP contribution is 2.27. The fourth-order valence-electron chi connectivity index (χ4n) is 2.48. The van der Waals surface area contributed by atoms with Crippen molar-refractivity contribution >= 4 is 11.8 Å². The van der Waals surface area contributed by atoms with Crippen LogP contribution in [0.2, 0.25) is 0 Å². The number of thioether (sulfide) groups is 1. The largest absolute Gasteiger partial charge is 0.298 e. The molecule has 0 fully saturated rings. The summed E-state index contributed by atoms with van der Waals surface area (Å²) in [5.74, 6) is 0.116. The molecule has 0 aliphatic heterocycles. The first-order valence-electron chi connectivity index (χ1n) is 7.76. The maximum absolute atomic E-state index is 13.8. The predicted molar refractivity (Wildman–Crippen MR) is 96.3 cm³/mol. The summed E-state index contributed by atoms with van der Waals surface area (Å²) in [4.78, 5) is 0. The topological polar surface area (TPSA) is 30.7 Å². The molecule has 0 aliphatic rings. The van der Waals surface area contributed by atoms with E-state index in [1.54, 1.807) is 6.08 Å². The van der Waals surface area contributed by atoms with Gasteiger partial charge in [0.1, 0.15) is 11.6 Å². The lowest BCUT2D eigenvalue weighted by atomic mass is 10.1. The van der Waals surface area contributed by atoms with Gasteiger partial charge >= 0.3 is 0 Å². The second-order valence-corrected chi connectivity index (χ2v) is 6.54. The summed E-state index contributed by atoms with van der Waals surface area (Å²) in [5.41, 5.74) is 2.38. The van der Waals surface area contributed by atoms with E-state index in [1.165, 1.54) is 17.8 Å². The van der Waals surface area contributed by atoms with Crippen LogP contribution in [0.3, 0.4) is 0 Å². The molecule has 0 aliphatic carbocycles. The second kappa shape index (κ2) is 7.61. The van der Waals surface area contributed by atoms with Crippen molar-refractivity contribution in [2.75, 3.05) is 0 Å². The van der Waals surface area contributed by atoms with Gasteiger partial charge < -0.3 is 0 Å². The van der Waals surface area contributed by atoms with Gasteiger partial charge in [0, 0.05) is 23.4 Å².